The molecular formula is C27H32N4O3S. The number of hydrogen-bond acceptors (Lipinski definition) is 6. The monoisotopic (exact) mass is 492 g/mol. The smallest absolute Gasteiger partial charge is 0.239 e. The van der Waals surface area contributed by atoms with Gasteiger partial charge in [0.15, 0.2) is 0 Å². The summed E-state index contributed by atoms with van der Waals surface area (Å²) in [5.74, 6) is 1.21. The summed E-state index contributed by atoms with van der Waals surface area (Å²) in [7, 11) is 1.66. The molecule has 1 N–H and O–H groups in total. The number of carbonyl (C=O) groups is 1. The Hall–Kier alpha value is -3.12. The van der Waals surface area contributed by atoms with Gasteiger partial charge in [0.1, 0.15) is 17.6 Å². The number of benzene rings is 1. The Morgan fingerprint density at radius 2 is 2.11 bits per heavy atom. The largest absolute Gasteiger partial charge is 0.496 e. The number of rotatable bonds is 10. The average Bonchev–Trinajstić information content (AvgIpc) is 3.60. The molecule has 0 aliphatic carbocycles. The van der Waals surface area contributed by atoms with Crippen LogP contribution in [0.2, 0.25) is 0 Å². The van der Waals surface area contributed by atoms with Gasteiger partial charge in [-0.1, -0.05) is 24.3 Å². The molecule has 0 unspecified atom stereocenters. The van der Waals surface area contributed by atoms with Crippen LogP contribution in [-0.4, -0.2) is 41.7 Å². The van der Waals surface area contributed by atoms with Crippen molar-refractivity contribution in [3.63, 3.8) is 0 Å². The Morgan fingerprint density at radius 1 is 1.29 bits per heavy atom. The summed E-state index contributed by atoms with van der Waals surface area (Å²) in [6, 6.07) is 14.3. The van der Waals surface area contributed by atoms with Gasteiger partial charge in [0.25, 0.3) is 0 Å². The Balaban J connectivity index is 1.55. The number of thiophene rings is 1. The van der Waals surface area contributed by atoms with Crippen molar-refractivity contribution in [1.82, 2.24) is 9.47 Å². The number of aromatic nitrogens is 1. The fourth-order valence-corrected chi connectivity index (χ4v) is 5.34. The zero-order valence-corrected chi connectivity index (χ0v) is 21.4. The number of ether oxygens (including phenoxy) is 2. The van der Waals surface area contributed by atoms with E-state index in [2.05, 4.69) is 22.4 Å². The molecule has 1 aliphatic heterocycles. The van der Waals surface area contributed by atoms with Crippen molar-refractivity contribution in [3.05, 3.63) is 69.0 Å². The second-order valence-corrected chi connectivity index (χ2v) is 9.91. The quantitative estimate of drug-likeness (QED) is 0.437. The summed E-state index contributed by atoms with van der Waals surface area (Å²) in [5.41, 5.74) is 3.41. The molecule has 8 heteroatoms. The molecule has 0 spiro atoms. The maximum absolute atomic E-state index is 13.3. The van der Waals surface area contributed by atoms with E-state index in [-0.39, 0.29) is 18.6 Å². The lowest BCUT2D eigenvalue weighted by molar-refractivity contribution is -0.117. The van der Waals surface area contributed by atoms with Crippen LogP contribution >= 0.6 is 11.3 Å². The van der Waals surface area contributed by atoms with Crippen molar-refractivity contribution < 1.29 is 14.3 Å². The minimum Gasteiger partial charge on any atom is -0.496 e. The number of nitriles is 1. The van der Waals surface area contributed by atoms with Crippen molar-refractivity contribution in [2.45, 2.75) is 52.4 Å². The van der Waals surface area contributed by atoms with Crippen LogP contribution in [0.5, 0.6) is 5.75 Å². The van der Waals surface area contributed by atoms with E-state index in [4.69, 9.17) is 9.47 Å². The van der Waals surface area contributed by atoms with Crippen LogP contribution in [-0.2, 0) is 29.2 Å². The van der Waals surface area contributed by atoms with Crippen molar-refractivity contribution in [3.8, 4) is 11.8 Å². The van der Waals surface area contributed by atoms with E-state index in [1.54, 1.807) is 18.4 Å². The van der Waals surface area contributed by atoms with E-state index >= 15 is 0 Å². The highest BCUT2D eigenvalue weighted by Gasteiger charge is 2.25. The van der Waals surface area contributed by atoms with Crippen molar-refractivity contribution in [2.24, 2.45) is 0 Å². The van der Waals surface area contributed by atoms with Crippen LogP contribution in [0.25, 0.3) is 0 Å². The van der Waals surface area contributed by atoms with Crippen LogP contribution in [0.4, 0.5) is 5.82 Å². The van der Waals surface area contributed by atoms with Gasteiger partial charge in [0.2, 0.25) is 5.91 Å². The molecule has 4 rings (SSSR count). The lowest BCUT2D eigenvalue weighted by atomic mass is 10.2. The summed E-state index contributed by atoms with van der Waals surface area (Å²) in [6.45, 7) is 6.70. The molecule has 2 aromatic heterocycles. The number of para-hydroxylation sites is 1. The van der Waals surface area contributed by atoms with Crippen LogP contribution in [0.3, 0.4) is 0 Å². The highest BCUT2D eigenvalue weighted by molar-refractivity contribution is 7.09. The van der Waals surface area contributed by atoms with Gasteiger partial charge >= 0.3 is 0 Å². The molecule has 0 saturated carbocycles. The number of methoxy groups -OCH3 is 1. The molecule has 1 amide bonds. The van der Waals surface area contributed by atoms with Gasteiger partial charge in [0.05, 0.1) is 31.9 Å². The van der Waals surface area contributed by atoms with Gasteiger partial charge in [-0.2, -0.15) is 5.26 Å². The van der Waals surface area contributed by atoms with Gasteiger partial charge in [-0.3, -0.25) is 9.69 Å². The molecule has 3 heterocycles. The molecule has 1 atom stereocenters. The fraction of sp³-hybridized carbons (Fsp3) is 0.407. The SMILES string of the molecule is COc1ccccc1CN(CC(=O)Nc1c(C#N)c(C)c(C)n1C[C@H]1CCCO1)Cc1cccs1. The number of nitrogens with one attached hydrogen (secondary N) is 1. The molecule has 1 aliphatic rings. The average molecular weight is 493 g/mol. The van der Waals surface area contributed by atoms with E-state index in [1.807, 2.05) is 54.1 Å². The van der Waals surface area contributed by atoms with Crippen LogP contribution in [0.1, 0.15) is 40.1 Å². The molecule has 1 fully saturated rings. The third-order valence-corrected chi connectivity index (χ3v) is 7.38. The van der Waals surface area contributed by atoms with Crippen molar-refractivity contribution >= 4 is 23.1 Å². The van der Waals surface area contributed by atoms with Gasteiger partial charge < -0.3 is 19.4 Å². The number of amides is 1. The normalized spacial score (nSPS) is 15.3. The second kappa shape index (κ2) is 11.5. The van der Waals surface area contributed by atoms with Crippen LogP contribution in [0, 0.1) is 25.2 Å². The molecule has 35 heavy (non-hydrogen) atoms. The van der Waals surface area contributed by atoms with Crippen LogP contribution < -0.4 is 10.1 Å². The zero-order chi connectivity index (χ0) is 24.8. The predicted octanol–water partition coefficient (Wildman–Crippen LogP) is 4.87. The fourth-order valence-electron chi connectivity index (χ4n) is 4.59. The molecule has 184 valence electrons. The van der Waals surface area contributed by atoms with Crippen LogP contribution in [0.15, 0.2) is 41.8 Å². The summed E-state index contributed by atoms with van der Waals surface area (Å²) in [4.78, 5) is 16.6. The topological polar surface area (TPSA) is 79.5 Å². The molecule has 1 saturated heterocycles. The first-order chi connectivity index (χ1) is 17.0. The standard InChI is InChI=1S/C27H32N4O3S/c1-19-20(2)31(16-22-9-6-12-34-22)27(24(19)14-28)29-26(32)18-30(17-23-10-7-13-35-23)15-21-8-4-5-11-25(21)33-3/h4-5,7-8,10-11,13,22H,6,9,12,15-18H2,1-3H3,(H,29,32)/t22-/m1/s1. The van der Waals surface area contributed by atoms with Gasteiger partial charge in [0, 0.05) is 35.8 Å². The Kier molecular flexibility index (Phi) is 8.24. The van der Waals surface area contributed by atoms with Gasteiger partial charge in [-0.25, -0.2) is 0 Å². The summed E-state index contributed by atoms with van der Waals surface area (Å²) >= 11 is 1.67. The maximum atomic E-state index is 13.3. The summed E-state index contributed by atoms with van der Waals surface area (Å²) < 4.78 is 13.4. The highest BCUT2D eigenvalue weighted by Crippen LogP contribution is 2.29. The first-order valence-corrected chi connectivity index (χ1v) is 12.8. The number of carbonyl (C=O) groups excluding carboxylic acids is 1. The van der Waals surface area contributed by atoms with E-state index in [0.717, 1.165) is 42.0 Å². The predicted molar refractivity (Wildman–Crippen MR) is 138 cm³/mol. The van der Waals surface area contributed by atoms with Crippen molar-refractivity contribution in [2.75, 3.05) is 25.6 Å². The Morgan fingerprint density at radius 3 is 2.80 bits per heavy atom. The van der Waals surface area contributed by atoms with Gasteiger partial charge in [-0.05, 0) is 49.8 Å². The van der Waals surface area contributed by atoms with E-state index < -0.39 is 0 Å². The lowest BCUT2D eigenvalue weighted by Crippen LogP contribution is -2.33. The van der Waals surface area contributed by atoms with Crippen molar-refractivity contribution in [1.29, 1.82) is 5.26 Å². The number of anilines is 1. The first-order valence-electron chi connectivity index (χ1n) is 11.9. The van der Waals surface area contributed by atoms with E-state index in [1.165, 1.54) is 4.88 Å². The molecular weight excluding hydrogens is 460 g/mol. The molecule has 3 aromatic rings. The number of nitrogens with zero attached hydrogens (tertiary/aromatic N) is 3. The minimum absolute atomic E-state index is 0.101. The van der Waals surface area contributed by atoms with E-state index in [9.17, 15) is 10.1 Å². The molecule has 7 nitrogen and oxygen atoms in total. The van der Waals surface area contributed by atoms with Gasteiger partial charge in [-0.15, -0.1) is 11.3 Å². The molecule has 0 radical (unpaired) electrons. The third-order valence-electron chi connectivity index (χ3n) is 6.52. The minimum atomic E-state index is -0.154. The maximum Gasteiger partial charge on any atom is 0.239 e. The summed E-state index contributed by atoms with van der Waals surface area (Å²) in [5, 5.41) is 15.0. The molecule has 0 bridgehead atoms. The number of hydrogen-bond donors (Lipinski definition) is 1. The zero-order valence-electron chi connectivity index (χ0n) is 20.5. The summed E-state index contributed by atoms with van der Waals surface area (Å²) in [6.07, 6.45) is 2.13. The first kappa shape index (κ1) is 25.0. The highest BCUT2D eigenvalue weighted by atomic mass is 32.1. The molecule has 1 aromatic carbocycles. The second-order valence-electron chi connectivity index (χ2n) is 8.88. The van der Waals surface area contributed by atoms with E-state index in [0.29, 0.717) is 31.0 Å². The Bertz CT molecular complexity index is 1190. The Labute approximate surface area is 210 Å². The lowest BCUT2D eigenvalue weighted by Gasteiger charge is -2.23. The third kappa shape index (κ3) is 5.93.